The Balaban J connectivity index is 2.91. The molecule has 0 radical (unpaired) electrons. The molecule has 0 aromatic rings. The zero-order valence-electron chi connectivity index (χ0n) is 11.9. The Bertz CT molecular complexity index is 351. The largest absolute Gasteiger partial charge is 0.461 e. The Hall–Kier alpha value is -1.36. The molecular weight excluding hydrogens is 246 g/mol. The molecule has 1 fully saturated rings. The number of amides is 1. The zero-order chi connectivity index (χ0) is 14.3. The maximum Gasteiger partial charge on any atom is 0.354 e. The predicted octanol–water partition coefficient (Wildman–Crippen LogP) is 1.92. The van der Waals surface area contributed by atoms with Gasteiger partial charge in [-0.25, -0.2) is 4.79 Å². The maximum atomic E-state index is 11.9. The Morgan fingerprint density at radius 2 is 2.21 bits per heavy atom. The quantitative estimate of drug-likeness (QED) is 0.454. The van der Waals surface area contributed by atoms with Crippen molar-refractivity contribution >= 4 is 12.4 Å². The zero-order valence-corrected chi connectivity index (χ0v) is 11.9. The Labute approximate surface area is 114 Å². The first-order valence-corrected chi connectivity index (χ1v) is 6.87. The maximum absolute atomic E-state index is 11.9. The molecule has 2 atom stereocenters. The number of hydrogen-bond donors (Lipinski definition) is 1. The predicted molar refractivity (Wildman–Crippen MR) is 71.3 cm³/mol. The van der Waals surface area contributed by atoms with Gasteiger partial charge in [-0.15, -0.1) is 0 Å². The van der Waals surface area contributed by atoms with E-state index in [1.807, 2.05) is 6.92 Å². The molecule has 0 saturated carbocycles. The Kier molecular flexibility index (Phi) is 6.56. The number of carbonyl (C=O) groups excluding carboxylic acids is 2. The Morgan fingerprint density at radius 1 is 1.47 bits per heavy atom. The monoisotopic (exact) mass is 269 g/mol. The fourth-order valence-corrected chi connectivity index (χ4v) is 2.39. The van der Waals surface area contributed by atoms with Gasteiger partial charge >= 0.3 is 5.97 Å². The second-order valence-corrected chi connectivity index (χ2v) is 4.73. The molecule has 5 nitrogen and oxygen atoms in total. The van der Waals surface area contributed by atoms with E-state index in [4.69, 9.17) is 9.47 Å². The molecule has 0 aromatic carbocycles. The minimum Gasteiger partial charge on any atom is -0.461 e. The van der Waals surface area contributed by atoms with Crippen molar-refractivity contribution in [3.05, 3.63) is 11.3 Å². The van der Waals surface area contributed by atoms with E-state index < -0.39 is 5.97 Å². The van der Waals surface area contributed by atoms with E-state index in [1.54, 1.807) is 6.92 Å². The van der Waals surface area contributed by atoms with Gasteiger partial charge in [0.15, 0.2) is 0 Å². The second kappa shape index (κ2) is 7.94. The minimum atomic E-state index is -0.464. The number of nitrogens with one attached hydrogen (secondary N) is 1. The van der Waals surface area contributed by atoms with Crippen LogP contribution in [-0.2, 0) is 19.1 Å². The number of hydrogen-bond acceptors (Lipinski definition) is 4. The van der Waals surface area contributed by atoms with Crippen LogP contribution < -0.4 is 5.32 Å². The minimum absolute atomic E-state index is 0.0539. The van der Waals surface area contributed by atoms with Crippen LogP contribution in [0.25, 0.3) is 0 Å². The SMILES string of the molecule is CCCC1C/C(=C(\NC=O)C(=O)OCC)C[C@H](C)O1. The number of esters is 1. The average Bonchev–Trinajstić information content (AvgIpc) is 2.35. The summed E-state index contributed by atoms with van der Waals surface area (Å²) in [5.74, 6) is -0.464. The van der Waals surface area contributed by atoms with Crippen LogP contribution in [0.2, 0.25) is 0 Å². The molecule has 0 aliphatic carbocycles. The summed E-state index contributed by atoms with van der Waals surface area (Å²) in [6, 6.07) is 0. The third kappa shape index (κ3) is 4.67. The van der Waals surface area contributed by atoms with Crippen LogP contribution in [0.15, 0.2) is 11.3 Å². The first-order chi connectivity index (χ1) is 9.12. The first kappa shape index (κ1) is 15.7. The van der Waals surface area contributed by atoms with Crippen molar-refractivity contribution in [1.82, 2.24) is 5.32 Å². The average molecular weight is 269 g/mol. The number of carbonyl (C=O) groups is 2. The first-order valence-electron chi connectivity index (χ1n) is 6.87. The van der Waals surface area contributed by atoms with Crippen molar-refractivity contribution in [2.24, 2.45) is 0 Å². The van der Waals surface area contributed by atoms with Gasteiger partial charge in [-0.05, 0) is 38.7 Å². The summed E-state index contributed by atoms with van der Waals surface area (Å²) in [7, 11) is 0. The summed E-state index contributed by atoms with van der Waals surface area (Å²) in [6.45, 7) is 6.11. The lowest BCUT2D eigenvalue weighted by molar-refractivity contribution is -0.139. The summed E-state index contributed by atoms with van der Waals surface area (Å²) in [5.41, 5.74) is 1.20. The van der Waals surface area contributed by atoms with E-state index in [-0.39, 0.29) is 17.9 Å². The van der Waals surface area contributed by atoms with Crippen molar-refractivity contribution in [1.29, 1.82) is 0 Å². The molecule has 1 rings (SSSR count). The molecule has 108 valence electrons. The van der Waals surface area contributed by atoms with Gasteiger partial charge in [-0.3, -0.25) is 4.79 Å². The fourth-order valence-electron chi connectivity index (χ4n) is 2.39. The van der Waals surface area contributed by atoms with Crippen LogP contribution in [0.3, 0.4) is 0 Å². The highest BCUT2D eigenvalue weighted by Gasteiger charge is 2.27. The molecule has 1 amide bonds. The van der Waals surface area contributed by atoms with Crippen molar-refractivity contribution < 1.29 is 19.1 Å². The normalized spacial score (nSPS) is 25.6. The number of ether oxygens (including phenoxy) is 2. The molecule has 0 bridgehead atoms. The van der Waals surface area contributed by atoms with Gasteiger partial charge in [0.25, 0.3) is 0 Å². The molecule has 0 spiro atoms. The smallest absolute Gasteiger partial charge is 0.354 e. The van der Waals surface area contributed by atoms with Crippen LogP contribution in [-0.4, -0.2) is 31.2 Å². The van der Waals surface area contributed by atoms with Crippen molar-refractivity contribution in [3.63, 3.8) is 0 Å². The molecule has 0 aromatic heterocycles. The van der Waals surface area contributed by atoms with Crippen LogP contribution in [0.1, 0.15) is 46.5 Å². The summed E-state index contributed by atoms with van der Waals surface area (Å²) in [6.07, 6.45) is 3.99. The van der Waals surface area contributed by atoms with Gasteiger partial charge in [-0.2, -0.15) is 0 Å². The lowest BCUT2D eigenvalue weighted by atomic mass is 9.94. The molecule has 1 aliphatic rings. The molecule has 5 heteroatoms. The van der Waals surface area contributed by atoms with Gasteiger partial charge in [0, 0.05) is 0 Å². The summed E-state index contributed by atoms with van der Waals surface area (Å²) < 4.78 is 10.8. The molecule has 1 N–H and O–H groups in total. The van der Waals surface area contributed by atoms with Crippen LogP contribution in [0.5, 0.6) is 0 Å². The van der Waals surface area contributed by atoms with Crippen LogP contribution >= 0.6 is 0 Å². The summed E-state index contributed by atoms with van der Waals surface area (Å²) in [4.78, 5) is 22.5. The lowest BCUT2D eigenvalue weighted by Gasteiger charge is -2.30. The van der Waals surface area contributed by atoms with Crippen molar-refractivity contribution in [2.75, 3.05) is 6.61 Å². The van der Waals surface area contributed by atoms with Crippen LogP contribution in [0, 0.1) is 0 Å². The standard InChI is InChI=1S/C14H23NO4/c1-4-6-12-8-11(7-10(3)19-12)13(15-9-16)14(17)18-5-2/h9-10,12H,4-8H2,1-3H3,(H,15,16)/b13-11-/t10-,12?/m0/s1. The third-order valence-electron chi connectivity index (χ3n) is 3.08. The van der Waals surface area contributed by atoms with E-state index in [2.05, 4.69) is 12.2 Å². The highest BCUT2D eigenvalue weighted by molar-refractivity contribution is 5.91. The van der Waals surface area contributed by atoms with Crippen LogP contribution in [0.4, 0.5) is 0 Å². The Morgan fingerprint density at radius 3 is 2.79 bits per heavy atom. The van der Waals surface area contributed by atoms with E-state index in [1.165, 1.54) is 0 Å². The highest BCUT2D eigenvalue weighted by atomic mass is 16.5. The van der Waals surface area contributed by atoms with E-state index >= 15 is 0 Å². The molecule has 1 unspecified atom stereocenters. The van der Waals surface area contributed by atoms with E-state index in [0.29, 0.717) is 25.9 Å². The summed E-state index contributed by atoms with van der Waals surface area (Å²) in [5, 5.41) is 2.49. The van der Waals surface area contributed by atoms with Crippen molar-refractivity contribution in [2.45, 2.75) is 58.7 Å². The van der Waals surface area contributed by atoms with Gasteiger partial charge in [-0.1, -0.05) is 13.3 Å². The topological polar surface area (TPSA) is 64.6 Å². The van der Waals surface area contributed by atoms with E-state index in [0.717, 1.165) is 18.4 Å². The molecule has 1 heterocycles. The molecular formula is C14H23NO4. The fraction of sp³-hybridized carbons (Fsp3) is 0.714. The van der Waals surface area contributed by atoms with Gasteiger partial charge in [0.2, 0.25) is 6.41 Å². The van der Waals surface area contributed by atoms with Crippen molar-refractivity contribution in [3.8, 4) is 0 Å². The second-order valence-electron chi connectivity index (χ2n) is 4.73. The number of rotatable bonds is 6. The molecule has 19 heavy (non-hydrogen) atoms. The highest BCUT2D eigenvalue weighted by Crippen LogP contribution is 2.28. The molecule has 1 aliphatic heterocycles. The third-order valence-corrected chi connectivity index (χ3v) is 3.08. The van der Waals surface area contributed by atoms with Gasteiger partial charge in [0.05, 0.1) is 18.8 Å². The lowest BCUT2D eigenvalue weighted by Crippen LogP contribution is -2.31. The molecule has 1 saturated heterocycles. The van der Waals surface area contributed by atoms with E-state index in [9.17, 15) is 9.59 Å². The van der Waals surface area contributed by atoms with Gasteiger partial charge in [0.1, 0.15) is 5.70 Å². The summed E-state index contributed by atoms with van der Waals surface area (Å²) >= 11 is 0. The van der Waals surface area contributed by atoms with Gasteiger partial charge < -0.3 is 14.8 Å².